The maximum Gasteiger partial charge on any atom is 0.160 e. The molecule has 0 aliphatic heterocycles. The van der Waals surface area contributed by atoms with Crippen molar-refractivity contribution in [3.05, 3.63) is 199 Å². The highest BCUT2D eigenvalue weighted by molar-refractivity contribution is 6.12. The van der Waals surface area contributed by atoms with Crippen LogP contribution in [-0.4, -0.2) is 9.13 Å². The fourth-order valence-electron chi connectivity index (χ4n) is 7.89. The molecule has 7 heteroatoms. The van der Waals surface area contributed by atoms with Gasteiger partial charge in [-0.3, -0.25) is 0 Å². The molecule has 0 atom stereocenters. The number of hydrogen-bond acceptors (Lipinski definition) is 1. The van der Waals surface area contributed by atoms with Gasteiger partial charge in [0.05, 0.1) is 22.1 Å². The summed E-state index contributed by atoms with van der Waals surface area (Å²) in [5.74, 6) is -3.62. The third kappa shape index (κ3) is 5.35. The maximum absolute atomic E-state index is 14.6. The molecule has 0 fully saturated rings. The lowest BCUT2D eigenvalue weighted by atomic mass is 10.0. The summed E-state index contributed by atoms with van der Waals surface area (Å²) in [6, 6.07) is 54.8. The van der Waals surface area contributed by atoms with E-state index in [9.17, 15) is 17.6 Å². The van der Waals surface area contributed by atoms with Crippen molar-refractivity contribution in [2.75, 3.05) is 4.90 Å². The molecule has 0 saturated carbocycles. The largest absolute Gasteiger partial charge is 0.310 e. The Labute approximate surface area is 313 Å². The molecule has 8 aromatic carbocycles. The first-order valence-corrected chi connectivity index (χ1v) is 17.9. The molecular weight excluding hydrogens is 695 g/mol. The van der Waals surface area contributed by atoms with Crippen LogP contribution in [-0.2, 0) is 0 Å². The van der Waals surface area contributed by atoms with E-state index in [0.717, 1.165) is 83.9 Å². The van der Waals surface area contributed by atoms with Crippen molar-refractivity contribution in [2.24, 2.45) is 0 Å². The zero-order valence-electron chi connectivity index (χ0n) is 29.1. The van der Waals surface area contributed by atoms with Crippen LogP contribution in [0.15, 0.2) is 176 Å². The van der Waals surface area contributed by atoms with Gasteiger partial charge in [-0.15, -0.1) is 0 Å². The first kappa shape index (κ1) is 32.5. The molecule has 0 aliphatic carbocycles. The topological polar surface area (TPSA) is 13.1 Å². The average molecular weight is 724 g/mol. The van der Waals surface area contributed by atoms with Crippen molar-refractivity contribution in [1.29, 1.82) is 0 Å². The van der Waals surface area contributed by atoms with Crippen LogP contribution in [0.4, 0.5) is 34.6 Å². The summed E-state index contributed by atoms with van der Waals surface area (Å²) < 4.78 is 61.1. The molecule has 2 aromatic heterocycles. The maximum atomic E-state index is 14.6. The Hall–Kier alpha value is -7.12. The smallest absolute Gasteiger partial charge is 0.160 e. The van der Waals surface area contributed by atoms with E-state index in [1.807, 2.05) is 100 Å². The molecule has 0 amide bonds. The van der Waals surface area contributed by atoms with Crippen LogP contribution < -0.4 is 4.90 Å². The summed E-state index contributed by atoms with van der Waals surface area (Å²) in [5, 5.41) is 3.82. The van der Waals surface area contributed by atoms with Crippen molar-refractivity contribution in [3.63, 3.8) is 0 Å². The van der Waals surface area contributed by atoms with Gasteiger partial charge >= 0.3 is 0 Å². The zero-order chi connectivity index (χ0) is 37.2. The van der Waals surface area contributed by atoms with Gasteiger partial charge in [-0.2, -0.15) is 0 Å². The molecular formula is C48H29F4N3. The Morgan fingerprint density at radius 2 is 0.727 bits per heavy atom. The van der Waals surface area contributed by atoms with Gasteiger partial charge in [0, 0.05) is 62.1 Å². The van der Waals surface area contributed by atoms with Gasteiger partial charge in [0.25, 0.3) is 0 Å². The number of rotatable bonds is 6. The van der Waals surface area contributed by atoms with E-state index >= 15 is 0 Å². The standard InChI is InChI=1S/C48H29F4N3/c49-41-22-18-35(28-43(41)51)54-45-12-6-4-10-37(45)39-26-33(20-24-47(39)54)53(32-16-14-31(15-17-32)30-8-2-1-3-9-30)34-21-25-48-40(27-34)38-11-5-7-13-46(38)55(48)36-19-23-42(50)44(52)29-36/h1-29H. The van der Waals surface area contributed by atoms with E-state index in [-0.39, 0.29) is 0 Å². The van der Waals surface area contributed by atoms with Gasteiger partial charge in [0.15, 0.2) is 23.3 Å². The van der Waals surface area contributed by atoms with Crippen molar-refractivity contribution >= 4 is 60.7 Å². The molecule has 0 bridgehead atoms. The number of aromatic nitrogens is 2. The van der Waals surface area contributed by atoms with Crippen LogP contribution in [0.3, 0.4) is 0 Å². The molecule has 10 aromatic rings. The van der Waals surface area contributed by atoms with Crippen LogP contribution in [0.25, 0.3) is 66.1 Å². The SMILES string of the molecule is Fc1ccc(-n2c3ccccc3c3cc(N(c4ccc(-c5ccccc5)cc4)c4ccc5c(c4)c4ccccc4n5-c4ccc(F)c(F)c4)ccc32)cc1F. The van der Waals surface area contributed by atoms with Gasteiger partial charge in [-0.25, -0.2) is 17.6 Å². The van der Waals surface area contributed by atoms with Crippen molar-refractivity contribution in [1.82, 2.24) is 9.13 Å². The normalized spacial score (nSPS) is 11.6. The Morgan fingerprint density at radius 1 is 0.309 bits per heavy atom. The number of anilines is 3. The summed E-state index contributed by atoms with van der Waals surface area (Å²) in [4.78, 5) is 2.20. The van der Waals surface area contributed by atoms with Gasteiger partial charge < -0.3 is 14.0 Å². The second-order valence-corrected chi connectivity index (χ2v) is 13.6. The first-order valence-electron chi connectivity index (χ1n) is 17.9. The van der Waals surface area contributed by atoms with Crippen LogP contribution >= 0.6 is 0 Å². The van der Waals surface area contributed by atoms with E-state index < -0.39 is 23.3 Å². The Morgan fingerprint density at radius 3 is 1.22 bits per heavy atom. The molecule has 0 aliphatic rings. The lowest BCUT2D eigenvalue weighted by Crippen LogP contribution is -2.10. The fraction of sp³-hybridized carbons (Fsp3) is 0. The van der Waals surface area contributed by atoms with Gasteiger partial charge in [-0.1, -0.05) is 78.9 Å². The lowest BCUT2D eigenvalue weighted by Gasteiger charge is -2.26. The molecule has 0 unspecified atom stereocenters. The summed E-state index contributed by atoms with van der Waals surface area (Å²) in [7, 11) is 0. The molecule has 55 heavy (non-hydrogen) atoms. The number of benzene rings is 8. The highest BCUT2D eigenvalue weighted by Crippen LogP contribution is 2.43. The van der Waals surface area contributed by atoms with Gasteiger partial charge in [-0.05, 0) is 96.1 Å². The summed E-state index contributed by atoms with van der Waals surface area (Å²) >= 11 is 0. The predicted molar refractivity (Wildman–Crippen MR) is 215 cm³/mol. The number of hydrogen-bond donors (Lipinski definition) is 0. The minimum atomic E-state index is -0.911. The Kier molecular flexibility index (Phi) is 7.56. The molecule has 0 N–H and O–H groups in total. The number of nitrogens with zero attached hydrogens (tertiary/aromatic N) is 3. The number of halogens is 4. The third-order valence-electron chi connectivity index (χ3n) is 10.4. The second kappa shape index (κ2) is 12.8. The summed E-state index contributed by atoms with van der Waals surface area (Å²) in [6.45, 7) is 0. The molecule has 264 valence electrons. The average Bonchev–Trinajstić information content (AvgIpc) is 3.73. The van der Waals surface area contributed by atoms with Gasteiger partial charge in [0.2, 0.25) is 0 Å². The van der Waals surface area contributed by atoms with Crippen molar-refractivity contribution < 1.29 is 17.6 Å². The molecule has 2 heterocycles. The lowest BCUT2D eigenvalue weighted by molar-refractivity contribution is 0.508. The molecule has 0 saturated heterocycles. The van der Waals surface area contributed by atoms with Crippen LogP contribution in [0.1, 0.15) is 0 Å². The van der Waals surface area contributed by atoms with Crippen LogP contribution in [0, 0.1) is 23.3 Å². The van der Waals surface area contributed by atoms with E-state index in [4.69, 9.17) is 0 Å². The number of para-hydroxylation sites is 2. The highest BCUT2D eigenvalue weighted by atomic mass is 19.2. The Bertz CT molecular complexity index is 2920. The molecule has 0 radical (unpaired) electrons. The fourth-order valence-corrected chi connectivity index (χ4v) is 7.89. The number of fused-ring (bicyclic) bond motifs is 6. The van der Waals surface area contributed by atoms with Crippen molar-refractivity contribution in [3.8, 4) is 22.5 Å². The minimum Gasteiger partial charge on any atom is -0.310 e. The zero-order valence-corrected chi connectivity index (χ0v) is 29.1. The second-order valence-electron chi connectivity index (χ2n) is 13.6. The highest BCUT2D eigenvalue weighted by Gasteiger charge is 2.21. The summed E-state index contributed by atoms with van der Waals surface area (Å²) in [5.41, 5.74) is 9.36. The summed E-state index contributed by atoms with van der Waals surface area (Å²) in [6.07, 6.45) is 0. The quantitative estimate of drug-likeness (QED) is 0.156. The third-order valence-corrected chi connectivity index (χ3v) is 10.4. The van der Waals surface area contributed by atoms with Crippen LogP contribution in [0.2, 0.25) is 0 Å². The monoisotopic (exact) mass is 723 g/mol. The van der Waals surface area contributed by atoms with E-state index in [0.29, 0.717) is 11.4 Å². The van der Waals surface area contributed by atoms with Gasteiger partial charge in [0.1, 0.15) is 0 Å². The van der Waals surface area contributed by atoms with E-state index in [1.165, 1.54) is 12.1 Å². The molecule has 3 nitrogen and oxygen atoms in total. The van der Waals surface area contributed by atoms with Crippen molar-refractivity contribution in [2.45, 2.75) is 0 Å². The predicted octanol–water partition coefficient (Wildman–Crippen LogP) is 13.6. The molecule has 10 rings (SSSR count). The van der Waals surface area contributed by atoms with E-state index in [1.54, 1.807) is 12.1 Å². The van der Waals surface area contributed by atoms with Crippen LogP contribution in [0.5, 0.6) is 0 Å². The first-order chi connectivity index (χ1) is 26.9. The molecule has 0 spiro atoms. The minimum absolute atomic E-state index is 0.522. The van der Waals surface area contributed by atoms with E-state index in [2.05, 4.69) is 53.4 Å². The Balaban J connectivity index is 1.19.